The number of halogens is 1. The number of carbonyl (C=O) groups is 1. The molecular formula is C24H25BrN8O2. The Morgan fingerprint density at radius 1 is 1.17 bits per heavy atom. The van der Waals surface area contributed by atoms with E-state index in [0.717, 1.165) is 40.0 Å². The van der Waals surface area contributed by atoms with Gasteiger partial charge in [0.2, 0.25) is 5.95 Å². The van der Waals surface area contributed by atoms with Gasteiger partial charge < -0.3 is 20.7 Å². The number of nitrogens with one attached hydrogen (secondary N) is 1. The molecule has 1 atom stereocenters. The van der Waals surface area contributed by atoms with Crippen molar-refractivity contribution in [3.05, 3.63) is 76.3 Å². The van der Waals surface area contributed by atoms with Crippen LogP contribution < -0.4 is 11.1 Å². The Bertz CT molecular complexity index is 1310. The fourth-order valence-electron chi connectivity index (χ4n) is 4.13. The first-order valence-corrected chi connectivity index (χ1v) is 12.2. The first-order valence-electron chi connectivity index (χ1n) is 11.4. The fourth-order valence-corrected chi connectivity index (χ4v) is 4.48. The number of carbonyl (C=O) groups excluding carboxylic acids is 1. The fraction of sp³-hybridized carbons (Fsp3) is 0.292. The average molecular weight is 537 g/mol. The van der Waals surface area contributed by atoms with Crippen molar-refractivity contribution in [2.45, 2.75) is 31.9 Å². The number of nitrogens with zero attached hydrogens (tertiary/aromatic N) is 6. The molecule has 3 aromatic heterocycles. The summed E-state index contributed by atoms with van der Waals surface area (Å²) in [5, 5.41) is 7.84. The minimum absolute atomic E-state index is 0.0835. The highest BCUT2D eigenvalue weighted by molar-refractivity contribution is 9.10. The summed E-state index contributed by atoms with van der Waals surface area (Å²) in [4.78, 5) is 27.5. The molecule has 10 nitrogen and oxygen atoms in total. The molecular weight excluding hydrogens is 512 g/mol. The standard InChI is InChI=1S/C24H25BrN8O2/c25-19-13-30-33-21(27-10-17-11-28-23(26)29-12-17)9-20(31-22(19)33)18-7-4-8-32(14-18)24(34)35-15-16-5-2-1-3-6-16/h1-3,5-6,9,11-13,18,27H,4,7-8,10,14-15H2,(H2,26,28,29). The van der Waals surface area contributed by atoms with E-state index in [4.69, 9.17) is 15.5 Å². The Morgan fingerprint density at radius 2 is 1.97 bits per heavy atom. The van der Waals surface area contributed by atoms with E-state index in [-0.39, 0.29) is 24.6 Å². The van der Waals surface area contributed by atoms with Crippen molar-refractivity contribution in [2.24, 2.45) is 0 Å². The quantitative estimate of drug-likeness (QED) is 0.379. The molecule has 0 spiro atoms. The van der Waals surface area contributed by atoms with Gasteiger partial charge in [0.05, 0.1) is 16.4 Å². The lowest BCUT2D eigenvalue weighted by molar-refractivity contribution is 0.0856. The molecule has 1 amide bonds. The summed E-state index contributed by atoms with van der Waals surface area (Å²) in [5.41, 5.74) is 9.05. The zero-order chi connectivity index (χ0) is 24.2. The Balaban J connectivity index is 1.32. The molecule has 1 fully saturated rings. The lowest BCUT2D eigenvalue weighted by atomic mass is 9.94. The minimum Gasteiger partial charge on any atom is -0.445 e. The molecule has 180 valence electrons. The number of ether oxygens (including phenoxy) is 1. The summed E-state index contributed by atoms with van der Waals surface area (Å²) in [6.45, 7) is 1.98. The number of hydrogen-bond donors (Lipinski definition) is 2. The van der Waals surface area contributed by atoms with Gasteiger partial charge in [-0.2, -0.15) is 9.61 Å². The van der Waals surface area contributed by atoms with Crippen molar-refractivity contribution in [1.82, 2.24) is 29.5 Å². The van der Waals surface area contributed by atoms with E-state index in [0.29, 0.717) is 25.3 Å². The second-order valence-electron chi connectivity index (χ2n) is 8.42. The van der Waals surface area contributed by atoms with E-state index in [1.807, 2.05) is 36.4 Å². The highest BCUT2D eigenvalue weighted by Crippen LogP contribution is 2.30. The number of nitrogen functional groups attached to an aromatic ring is 1. The van der Waals surface area contributed by atoms with Gasteiger partial charge in [0, 0.05) is 49.6 Å². The van der Waals surface area contributed by atoms with E-state index in [2.05, 4.69) is 36.3 Å². The Kier molecular flexibility index (Phi) is 6.75. The van der Waals surface area contributed by atoms with Gasteiger partial charge >= 0.3 is 6.09 Å². The molecule has 1 aromatic carbocycles. The number of aromatic nitrogens is 5. The van der Waals surface area contributed by atoms with Crippen molar-refractivity contribution in [2.75, 3.05) is 24.1 Å². The van der Waals surface area contributed by atoms with Crippen LogP contribution in [0.1, 0.15) is 35.6 Å². The molecule has 1 unspecified atom stereocenters. The summed E-state index contributed by atoms with van der Waals surface area (Å²) < 4.78 is 8.11. The molecule has 0 saturated carbocycles. The number of nitrogens with two attached hydrogens (primary N) is 1. The van der Waals surface area contributed by atoms with Crippen LogP contribution in [0.15, 0.2) is 59.5 Å². The van der Waals surface area contributed by atoms with Crippen molar-refractivity contribution in [1.29, 1.82) is 0 Å². The van der Waals surface area contributed by atoms with E-state index >= 15 is 0 Å². The summed E-state index contributed by atoms with van der Waals surface area (Å²) in [6, 6.07) is 11.7. The van der Waals surface area contributed by atoms with Crippen LogP contribution in [-0.4, -0.2) is 48.6 Å². The van der Waals surface area contributed by atoms with E-state index in [1.165, 1.54) is 0 Å². The van der Waals surface area contributed by atoms with Crippen molar-refractivity contribution in [3.63, 3.8) is 0 Å². The first-order chi connectivity index (χ1) is 17.1. The molecule has 1 aliphatic rings. The largest absolute Gasteiger partial charge is 0.445 e. The van der Waals surface area contributed by atoms with Gasteiger partial charge in [0.25, 0.3) is 0 Å². The number of hydrogen-bond acceptors (Lipinski definition) is 8. The third-order valence-electron chi connectivity index (χ3n) is 5.95. The van der Waals surface area contributed by atoms with Crippen molar-refractivity contribution < 1.29 is 9.53 Å². The average Bonchev–Trinajstić information content (AvgIpc) is 3.28. The summed E-state index contributed by atoms with van der Waals surface area (Å²) in [6.07, 6.45) is 6.61. The maximum Gasteiger partial charge on any atom is 0.410 e. The maximum absolute atomic E-state index is 12.8. The molecule has 1 aliphatic heterocycles. The Morgan fingerprint density at radius 3 is 2.77 bits per heavy atom. The number of benzene rings is 1. The van der Waals surface area contributed by atoms with Crippen LogP contribution in [0.5, 0.6) is 0 Å². The van der Waals surface area contributed by atoms with Gasteiger partial charge in [0.1, 0.15) is 12.4 Å². The zero-order valence-corrected chi connectivity index (χ0v) is 20.6. The Labute approximate surface area is 210 Å². The van der Waals surface area contributed by atoms with Crippen LogP contribution >= 0.6 is 15.9 Å². The minimum atomic E-state index is -0.299. The maximum atomic E-state index is 12.8. The monoisotopic (exact) mass is 536 g/mol. The number of fused-ring (bicyclic) bond motifs is 1. The molecule has 0 bridgehead atoms. The van der Waals surface area contributed by atoms with Gasteiger partial charge in [-0.05, 0) is 34.3 Å². The summed E-state index contributed by atoms with van der Waals surface area (Å²) >= 11 is 3.55. The van der Waals surface area contributed by atoms with E-state index in [9.17, 15) is 4.79 Å². The molecule has 0 radical (unpaired) electrons. The van der Waals surface area contributed by atoms with Crippen LogP contribution in [-0.2, 0) is 17.9 Å². The van der Waals surface area contributed by atoms with E-state index in [1.54, 1.807) is 28.0 Å². The lowest BCUT2D eigenvalue weighted by Crippen LogP contribution is -2.39. The van der Waals surface area contributed by atoms with Gasteiger partial charge in [-0.25, -0.2) is 19.7 Å². The second-order valence-corrected chi connectivity index (χ2v) is 9.28. The smallest absolute Gasteiger partial charge is 0.410 e. The molecule has 0 aliphatic carbocycles. The van der Waals surface area contributed by atoms with Gasteiger partial charge in [-0.15, -0.1) is 0 Å². The summed E-state index contributed by atoms with van der Waals surface area (Å²) in [7, 11) is 0. The predicted molar refractivity (Wildman–Crippen MR) is 135 cm³/mol. The molecule has 35 heavy (non-hydrogen) atoms. The number of piperidine rings is 1. The van der Waals surface area contributed by atoms with Gasteiger partial charge in [-0.1, -0.05) is 30.3 Å². The third-order valence-corrected chi connectivity index (χ3v) is 6.51. The van der Waals surface area contributed by atoms with Crippen LogP contribution in [0.2, 0.25) is 0 Å². The molecule has 11 heteroatoms. The highest BCUT2D eigenvalue weighted by Gasteiger charge is 2.27. The van der Waals surface area contributed by atoms with Crippen LogP contribution in [0.4, 0.5) is 16.6 Å². The van der Waals surface area contributed by atoms with Crippen LogP contribution in [0.25, 0.3) is 5.65 Å². The number of likely N-dealkylation sites (tertiary alicyclic amines) is 1. The molecule has 4 aromatic rings. The first kappa shape index (κ1) is 23.0. The van der Waals surface area contributed by atoms with Crippen LogP contribution in [0.3, 0.4) is 0 Å². The zero-order valence-electron chi connectivity index (χ0n) is 19.0. The Hall–Kier alpha value is -3.73. The third kappa shape index (κ3) is 5.35. The highest BCUT2D eigenvalue weighted by atomic mass is 79.9. The number of rotatable bonds is 6. The number of anilines is 2. The van der Waals surface area contributed by atoms with Crippen LogP contribution in [0, 0.1) is 0 Å². The lowest BCUT2D eigenvalue weighted by Gasteiger charge is -2.32. The second kappa shape index (κ2) is 10.3. The topological polar surface area (TPSA) is 124 Å². The number of amides is 1. The van der Waals surface area contributed by atoms with Crippen molar-refractivity contribution in [3.8, 4) is 0 Å². The predicted octanol–water partition coefficient (Wildman–Crippen LogP) is 3.99. The molecule has 4 heterocycles. The van der Waals surface area contributed by atoms with Gasteiger partial charge in [-0.3, -0.25) is 0 Å². The van der Waals surface area contributed by atoms with Crippen molar-refractivity contribution >= 4 is 39.4 Å². The molecule has 1 saturated heterocycles. The van der Waals surface area contributed by atoms with Gasteiger partial charge in [0.15, 0.2) is 5.65 Å². The SMILES string of the molecule is Nc1ncc(CNc2cc(C3CCCN(C(=O)OCc4ccccc4)C3)nc3c(Br)cnn23)cn1. The van der Waals surface area contributed by atoms with E-state index < -0.39 is 0 Å². The molecule has 3 N–H and O–H groups in total. The summed E-state index contributed by atoms with van der Waals surface area (Å²) in [5.74, 6) is 1.11. The molecule has 5 rings (SSSR count). The normalized spacial score (nSPS) is 15.8.